The molecule has 3 heterocycles. The number of nitrogens with one attached hydrogen (secondary N) is 1. The van der Waals surface area contributed by atoms with Gasteiger partial charge in [-0.1, -0.05) is 30.3 Å². The molecule has 2 aromatic carbocycles. The van der Waals surface area contributed by atoms with Gasteiger partial charge in [0, 0.05) is 43.0 Å². The normalized spacial score (nSPS) is 16.3. The Morgan fingerprint density at radius 1 is 1.12 bits per heavy atom. The molecule has 1 unspecified atom stereocenters. The maximum atomic E-state index is 12.7. The molecule has 0 saturated carbocycles. The lowest BCUT2D eigenvalue weighted by Gasteiger charge is -2.23. The highest BCUT2D eigenvalue weighted by Crippen LogP contribution is 2.19. The van der Waals surface area contributed by atoms with E-state index in [0.29, 0.717) is 12.4 Å². The second kappa shape index (κ2) is 9.38. The van der Waals surface area contributed by atoms with Crippen molar-refractivity contribution in [2.24, 2.45) is 0 Å². The summed E-state index contributed by atoms with van der Waals surface area (Å²) in [7, 11) is 0. The second-order valence-corrected chi connectivity index (χ2v) is 7.94. The van der Waals surface area contributed by atoms with E-state index >= 15 is 0 Å². The lowest BCUT2D eigenvalue weighted by Crippen LogP contribution is -2.39. The molecule has 2 aromatic heterocycles. The van der Waals surface area contributed by atoms with Crippen molar-refractivity contribution in [1.29, 1.82) is 0 Å². The Hall–Kier alpha value is -3.42. The third-order valence-corrected chi connectivity index (χ3v) is 5.71. The summed E-state index contributed by atoms with van der Waals surface area (Å²) in [5.74, 6) is 0.559. The average molecular weight is 431 g/mol. The Balaban J connectivity index is 1.29. The Labute approximate surface area is 186 Å². The molecule has 32 heavy (non-hydrogen) atoms. The van der Waals surface area contributed by atoms with Crippen LogP contribution >= 0.6 is 0 Å². The monoisotopic (exact) mass is 430 g/mol. The smallest absolute Gasteiger partial charge is 0.258 e. The fourth-order valence-corrected chi connectivity index (χ4v) is 3.98. The van der Waals surface area contributed by atoms with E-state index in [4.69, 9.17) is 9.47 Å². The molecule has 0 bridgehead atoms. The number of hydrogen-bond donors (Lipinski definition) is 1. The van der Waals surface area contributed by atoms with Gasteiger partial charge < -0.3 is 14.8 Å². The molecule has 1 aliphatic rings. The first-order valence-corrected chi connectivity index (χ1v) is 10.9. The summed E-state index contributed by atoms with van der Waals surface area (Å²) in [4.78, 5) is 12.7. The number of ether oxygens (including phenoxy) is 2. The number of morpholine rings is 1. The number of rotatable bonds is 7. The van der Waals surface area contributed by atoms with E-state index < -0.39 is 0 Å². The minimum absolute atomic E-state index is 0.135. The maximum absolute atomic E-state index is 12.7. The molecule has 0 radical (unpaired) electrons. The molecule has 1 fully saturated rings. The third-order valence-electron chi connectivity index (χ3n) is 5.71. The van der Waals surface area contributed by atoms with E-state index in [1.807, 2.05) is 65.5 Å². The number of benzene rings is 2. The van der Waals surface area contributed by atoms with Crippen LogP contribution in [0.25, 0.3) is 16.6 Å². The number of aryl methyl sites for hydroxylation is 1. The number of nitrogens with zero attached hydrogens (tertiary/aromatic N) is 3. The zero-order chi connectivity index (χ0) is 21.8. The van der Waals surface area contributed by atoms with Crippen LogP contribution in [-0.2, 0) is 17.9 Å². The van der Waals surface area contributed by atoms with Gasteiger partial charge in [0.1, 0.15) is 12.4 Å². The molecule has 1 atom stereocenters. The Bertz CT molecular complexity index is 1240. The molecular formula is C25H26N4O3. The third kappa shape index (κ3) is 4.59. The summed E-state index contributed by atoms with van der Waals surface area (Å²) >= 11 is 0. The molecule has 0 aliphatic carbocycles. The van der Waals surface area contributed by atoms with Crippen molar-refractivity contribution in [2.75, 3.05) is 19.7 Å². The van der Waals surface area contributed by atoms with Crippen LogP contribution in [0.2, 0.25) is 0 Å². The highest BCUT2D eigenvalue weighted by atomic mass is 16.5. The van der Waals surface area contributed by atoms with Gasteiger partial charge in [-0.05, 0) is 36.2 Å². The van der Waals surface area contributed by atoms with Crippen molar-refractivity contribution in [1.82, 2.24) is 19.7 Å². The molecule has 1 saturated heterocycles. The Morgan fingerprint density at radius 2 is 2.03 bits per heavy atom. The summed E-state index contributed by atoms with van der Waals surface area (Å²) in [6, 6.07) is 19.2. The van der Waals surface area contributed by atoms with Crippen molar-refractivity contribution in [3.8, 4) is 11.4 Å². The van der Waals surface area contributed by atoms with E-state index in [1.54, 1.807) is 10.8 Å². The van der Waals surface area contributed by atoms with Gasteiger partial charge >= 0.3 is 0 Å². The van der Waals surface area contributed by atoms with E-state index in [2.05, 4.69) is 10.4 Å². The average Bonchev–Trinajstić information content (AvgIpc) is 3.25. The molecule has 1 N–H and O–H groups in total. The summed E-state index contributed by atoms with van der Waals surface area (Å²) in [5.41, 5.74) is 2.78. The van der Waals surface area contributed by atoms with Crippen LogP contribution in [0.4, 0.5) is 0 Å². The van der Waals surface area contributed by atoms with E-state index in [-0.39, 0.29) is 11.7 Å². The van der Waals surface area contributed by atoms with Gasteiger partial charge in [0.2, 0.25) is 0 Å². The van der Waals surface area contributed by atoms with Gasteiger partial charge in [-0.25, -0.2) is 0 Å². The summed E-state index contributed by atoms with van der Waals surface area (Å²) in [5, 5.41) is 8.90. The van der Waals surface area contributed by atoms with Gasteiger partial charge in [-0.2, -0.15) is 5.10 Å². The van der Waals surface area contributed by atoms with Crippen molar-refractivity contribution in [3.05, 3.63) is 89.0 Å². The predicted octanol–water partition coefficient (Wildman–Crippen LogP) is 3.14. The molecule has 0 amide bonds. The van der Waals surface area contributed by atoms with Crippen molar-refractivity contribution in [3.63, 3.8) is 0 Å². The summed E-state index contributed by atoms with van der Waals surface area (Å²) < 4.78 is 15.2. The fraction of sp³-hybridized carbons (Fsp3) is 0.280. The molecule has 164 valence electrons. The zero-order valence-electron chi connectivity index (χ0n) is 17.8. The fourth-order valence-electron chi connectivity index (χ4n) is 3.98. The van der Waals surface area contributed by atoms with Crippen LogP contribution in [0, 0.1) is 0 Å². The van der Waals surface area contributed by atoms with Gasteiger partial charge in [0.15, 0.2) is 0 Å². The SMILES string of the molecule is O=c1cc(OCc2ccccc2)ccn1-c1ccc2c(cnn2CCC2CNCCO2)c1. The number of hydrogen-bond acceptors (Lipinski definition) is 5. The van der Waals surface area contributed by atoms with E-state index in [0.717, 1.165) is 54.8 Å². The van der Waals surface area contributed by atoms with Crippen LogP contribution in [0.15, 0.2) is 77.9 Å². The van der Waals surface area contributed by atoms with Crippen molar-refractivity contribution >= 4 is 10.9 Å². The molecule has 0 spiro atoms. The van der Waals surface area contributed by atoms with Crippen LogP contribution < -0.4 is 15.6 Å². The molecule has 4 aromatic rings. The largest absolute Gasteiger partial charge is 0.489 e. The lowest BCUT2D eigenvalue weighted by molar-refractivity contribution is 0.0207. The molecule has 7 heteroatoms. The number of pyridine rings is 1. The van der Waals surface area contributed by atoms with Gasteiger partial charge in [0.25, 0.3) is 5.56 Å². The Kier molecular flexibility index (Phi) is 6.00. The van der Waals surface area contributed by atoms with Gasteiger partial charge in [-0.3, -0.25) is 14.0 Å². The van der Waals surface area contributed by atoms with Crippen LogP contribution in [0.3, 0.4) is 0 Å². The highest BCUT2D eigenvalue weighted by Gasteiger charge is 2.14. The minimum atomic E-state index is -0.135. The maximum Gasteiger partial charge on any atom is 0.258 e. The summed E-state index contributed by atoms with van der Waals surface area (Å²) in [6.45, 7) is 3.79. The predicted molar refractivity (Wildman–Crippen MR) is 123 cm³/mol. The number of aromatic nitrogens is 3. The number of fused-ring (bicyclic) bond motifs is 1. The van der Waals surface area contributed by atoms with Crippen LogP contribution in [0.5, 0.6) is 5.75 Å². The van der Waals surface area contributed by atoms with Crippen molar-refractivity contribution in [2.45, 2.75) is 25.7 Å². The Morgan fingerprint density at radius 3 is 2.84 bits per heavy atom. The van der Waals surface area contributed by atoms with Gasteiger partial charge in [-0.15, -0.1) is 0 Å². The minimum Gasteiger partial charge on any atom is -0.489 e. The highest BCUT2D eigenvalue weighted by molar-refractivity contribution is 5.80. The standard InChI is InChI=1S/C25H26N4O3/c30-25-15-22(32-18-19-4-2-1-3-5-19)8-11-28(25)21-6-7-24-20(14-21)16-27-29(24)12-9-23-17-26-10-13-31-23/h1-8,11,14-16,23,26H,9-10,12-13,17-18H2. The first kappa shape index (κ1) is 20.5. The van der Waals surface area contributed by atoms with Crippen molar-refractivity contribution < 1.29 is 9.47 Å². The van der Waals surface area contributed by atoms with E-state index in [9.17, 15) is 4.79 Å². The topological polar surface area (TPSA) is 70.3 Å². The quantitative estimate of drug-likeness (QED) is 0.488. The molecular weight excluding hydrogens is 404 g/mol. The zero-order valence-corrected chi connectivity index (χ0v) is 17.8. The second-order valence-electron chi connectivity index (χ2n) is 7.94. The first-order valence-electron chi connectivity index (χ1n) is 10.9. The molecule has 1 aliphatic heterocycles. The summed E-state index contributed by atoms with van der Waals surface area (Å²) in [6.07, 6.45) is 4.74. The lowest BCUT2D eigenvalue weighted by atomic mass is 10.2. The first-order chi connectivity index (χ1) is 15.8. The van der Waals surface area contributed by atoms with Gasteiger partial charge in [0.05, 0.1) is 24.4 Å². The molecule has 7 nitrogen and oxygen atoms in total. The van der Waals surface area contributed by atoms with Crippen LogP contribution in [-0.4, -0.2) is 40.1 Å². The van der Waals surface area contributed by atoms with E-state index in [1.165, 1.54) is 6.07 Å². The van der Waals surface area contributed by atoms with Crippen LogP contribution in [0.1, 0.15) is 12.0 Å². The molecule has 5 rings (SSSR count).